The Morgan fingerprint density at radius 2 is 1.93 bits per heavy atom. The molecule has 0 aliphatic carbocycles. The van der Waals surface area contributed by atoms with Crippen molar-refractivity contribution in [3.63, 3.8) is 0 Å². The summed E-state index contributed by atoms with van der Waals surface area (Å²) in [6.07, 6.45) is 5.62. The molecule has 1 saturated heterocycles. The van der Waals surface area contributed by atoms with E-state index >= 15 is 0 Å². The third-order valence-electron chi connectivity index (χ3n) is 4.55. The van der Waals surface area contributed by atoms with Gasteiger partial charge in [0.15, 0.2) is 4.34 Å². The molecular formula is C18H21N5O2S3. The lowest BCUT2D eigenvalue weighted by atomic mass is 10.3. The topological polar surface area (TPSA) is 79.3 Å². The van der Waals surface area contributed by atoms with E-state index in [1.165, 1.54) is 4.70 Å². The number of nitrogens with zero attached hydrogens (tertiary/aromatic N) is 5. The van der Waals surface area contributed by atoms with E-state index in [2.05, 4.69) is 25.9 Å². The molecule has 1 fully saturated rings. The Hall–Kier alpha value is -1.75. The van der Waals surface area contributed by atoms with Gasteiger partial charge in [0, 0.05) is 44.3 Å². The first-order valence-electron chi connectivity index (χ1n) is 9.09. The number of thioether (sulfide) groups is 1. The zero-order valence-electron chi connectivity index (χ0n) is 15.3. The number of sulfonamides is 1. The molecule has 10 heteroatoms. The molecule has 3 aromatic rings. The Morgan fingerprint density at radius 3 is 2.68 bits per heavy atom. The van der Waals surface area contributed by atoms with E-state index in [9.17, 15) is 8.42 Å². The van der Waals surface area contributed by atoms with Gasteiger partial charge in [0.2, 0.25) is 10.0 Å². The molecule has 4 rings (SSSR count). The van der Waals surface area contributed by atoms with Crippen molar-refractivity contribution in [2.75, 3.05) is 42.6 Å². The third-order valence-corrected chi connectivity index (χ3v) is 8.77. The molecular weight excluding hydrogens is 414 g/mol. The van der Waals surface area contributed by atoms with Crippen LogP contribution in [0.4, 0.5) is 5.82 Å². The zero-order valence-corrected chi connectivity index (χ0v) is 17.7. The van der Waals surface area contributed by atoms with Crippen LogP contribution in [0.25, 0.3) is 10.2 Å². The monoisotopic (exact) mass is 435 g/mol. The first-order valence-corrected chi connectivity index (χ1v) is 12.5. The highest BCUT2D eigenvalue weighted by molar-refractivity contribution is 8.01. The van der Waals surface area contributed by atoms with E-state index in [1.54, 1.807) is 46.0 Å². The fraction of sp³-hybridized carbons (Fsp3) is 0.389. The number of hydrogen-bond donors (Lipinski definition) is 0. The Labute approximate surface area is 172 Å². The molecule has 0 spiro atoms. The molecule has 2 aromatic heterocycles. The van der Waals surface area contributed by atoms with Crippen molar-refractivity contribution < 1.29 is 8.42 Å². The van der Waals surface area contributed by atoms with Gasteiger partial charge in [-0.3, -0.25) is 4.98 Å². The average molecular weight is 436 g/mol. The van der Waals surface area contributed by atoms with Gasteiger partial charge in [0.05, 0.1) is 22.2 Å². The van der Waals surface area contributed by atoms with Gasteiger partial charge in [0.25, 0.3) is 0 Å². The van der Waals surface area contributed by atoms with Crippen molar-refractivity contribution in [3.05, 3.63) is 42.9 Å². The fourth-order valence-electron chi connectivity index (χ4n) is 3.09. The van der Waals surface area contributed by atoms with Crippen LogP contribution < -0.4 is 4.90 Å². The highest BCUT2D eigenvalue weighted by atomic mass is 32.2. The lowest BCUT2D eigenvalue weighted by Gasteiger charge is -2.34. The lowest BCUT2D eigenvalue weighted by Crippen LogP contribution is -2.49. The molecule has 0 amide bonds. The highest BCUT2D eigenvalue weighted by Gasteiger charge is 2.27. The molecule has 3 heterocycles. The Morgan fingerprint density at radius 1 is 1.11 bits per heavy atom. The maximum Gasteiger partial charge on any atom is 0.214 e. The molecule has 0 N–H and O–H groups in total. The molecule has 0 radical (unpaired) electrons. The van der Waals surface area contributed by atoms with Crippen molar-refractivity contribution in [2.24, 2.45) is 0 Å². The van der Waals surface area contributed by atoms with Gasteiger partial charge in [0.1, 0.15) is 5.82 Å². The largest absolute Gasteiger partial charge is 0.353 e. The number of hydrogen-bond acceptors (Lipinski definition) is 8. The Bertz CT molecular complexity index is 985. The number of aromatic nitrogens is 3. The van der Waals surface area contributed by atoms with Crippen LogP contribution >= 0.6 is 23.1 Å². The predicted molar refractivity (Wildman–Crippen MR) is 115 cm³/mol. The van der Waals surface area contributed by atoms with Crippen LogP contribution in [0.2, 0.25) is 0 Å². The number of fused-ring (bicyclic) bond motifs is 1. The van der Waals surface area contributed by atoms with E-state index in [4.69, 9.17) is 0 Å². The maximum absolute atomic E-state index is 12.6. The van der Waals surface area contributed by atoms with E-state index in [0.29, 0.717) is 32.6 Å². The SMILES string of the molecule is O=S(=O)(CCCSc1nc2ccccc2s1)N1CCN(c2cnccn2)CC1. The number of rotatable bonds is 7. The van der Waals surface area contributed by atoms with Crippen molar-refractivity contribution in [1.82, 2.24) is 19.3 Å². The van der Waals surface area contributed by atoms with Crippen LogP contribution in [0.15, 0.2) is 47.2 Å². The number of thiazole rings is 1. The van der Waals surface area contributed by atoms with E-state index in [-0.39, 0.29) is 5.75 Å². The number of anilines is 1. The second-order valence-corrected chi connectivity index (χ2v) is 10.9. The average Bonchev–Trinajstić information content (AvgIpc) is 3.15. The van der Waals surface area contributed by atoms with Crippen molar-refractivity contribution in [1.29, 1.82) is 0 Å². The standard InChI is InChI=1S/C18H21N5O2S3/c24-28(25,23-10-8-22(9-11-23)17-14-19-6-7-20-17)13-3-12-26-18-21-15-4-1-2-5-16(15)27-18/h1-2,4-7,14H,3,8-13H2. The van der Waals surface area contributed by atoms with E-state index in [1.807, 2.05) is 18.2 Å². The van der Waals surface area contributed by atoms with E-state index < -0.39 is 10.0 Å². The van der Waals surface area contributed by atoms with E-state index in [0.717, 1.165) is 21.4 Å². The quantitative estimate of drug-likeness (QED) is 0.417. The smallest absolute Gasteiger partial charge is 0.214 e. The molecule has 1 aromatic carbocycles. The molecule has 0 unspecified atom stereocenters. The summed E-state index contributed by atoms with van der Waals surface area (Å²) < 4.78 is 29.0. The second-order valence-electron chi connectivity index (χ2n) is 6.42. The summed E-state index contributed by atoms with van der Waals surface area (Å²) >= 11 is 3.29. The Balaban J connectivity index is 1.24. The summed E-state index contributed by atoms with van der Waals surface area (Å²) in [4.78, 5) is 15.0. The van der Waals surface area contributed by atoms with Gasteiger partial charge in [-0.2, -0.15) is 4.31 Å². The maximum atomic E-state index is 12.6. The van der Waals surface area contributed by atoms with Crippen LogP contribution in [0, 0.1) is 0 Å². The molecule has 148 valence electrons. The van der Waals surface area contributed by atoms with Crippen LogP contribution in [0.5, 0.6) is 0 Å². The second kappa shape index (κ2) is 8.73. The van der Waals surface area contributed by atoms with Crippen molar-refractivity contribution in [3.8, 4) is 0 Å². The summed E-state index contributed by atoms with van der Waals surface area (Å²) in [5.74, 6) is 1.72. The first kappa shape index (κ1) is 19.6. The molecule has 0 atom stereocenters. The minimum atomic E-state index is -3.23. The van der Waals surface area contributed by atoms with Crippen molar-refractivity contribution >= 4 is 49.2 Å². The summed E-state index contributed by atoms with van der Waals surface area (Å²) in [7, 11) is -3.23. The van der Waals surface area contributed by atoms with Crippen LogP contribution in [-0.4, -0.2) is 65.4 Å². The van der Waals surface area contributed by atoms with Gasteiger partial charge in [-0.1, -0.05) is 23.9 Å². The first-order chi connectivity index (χ1) is 13.6. The van der Waals surface area contributed by atoms with Crippen molar-refractivity contribution in [2.45, 2.75) is 10.8 Å². The van der Waals surface area contributed by atoms with Gasteiger partial charge in [-0.15, -0.1) is 11.3 Å². The van der Waals surface area contributed by atoms with Gasteiger partial charge >= 0.3 is 0 Å². The molecule has 1 aliphatic rings. The zero-order chi connectivity index (χ0) is 19.4. The molecule has 28 heavy (non-hydrogen) atoms. The van der Waals surface area contributed by atoms with Crippen LogP contribution in [0.1, 0.15) is 6.42 Å². The number of benzene rings is 1. The van der Waals surface area contributed by atoms with Crippen LogP contribution in [-0.2, 0) is 10.0 Å². The summed E-state index contributed by atoms with van der Waals surface area (Å²) in [5, 5.41) is 0. The van der Waals surface area contributed by atoms with Crippen LogP contribution in [0.3, 0.4) is 0 Å². The fourth-order valence-corrected chi connectivity index (χ4v) is 6.84. The predicted octanol–water partition coefficient (Wildman–Crippen LogP) is 2.72. The summed E-state index contributed by atoms with van der Waals surface area (Å²) in [5.41, 5.74) is 1.00. The summed E-state index contributed by atoms with van der Waals surface area (Å²) in [6, 6.07) is 8.04. The molecule has 0 bridgehead atoms. The molecule has 0 saturated carbocycles. The van der Waals surface area contributed by atoms with Gasteiger partial charge in [-0.05, 0) is 18.6 Å². The normalized spacial score (nSPS) is 15.9. The van der Waals surface area contributed by atoms with Gasteiger partial charge in [-0.25, -0.2) is 18.4 Å². The highest BCUT2D eigenvalue weighted by Crippen LogP contribution is 2.29. The molecule has 1 aliphatic heterocycles. The molecule has 7 nitrogen and oxygen atoms in total. The summed E-state index contributed by atoms with van der Waals surface area (Å²) in [6.45, 7) is 2.25. The number of para-hydroxylation sites is 1. The lowest BCUT2D eigenvalue weighted by molar-refractivity contribution is 0.383. The Kier molecular flexibility index (Phi) is 6.10. The minimum absolute atomic E-state index is 0.177. The third kappa shape index (κ3) is 4.62. The van der Waals surface area contributed by atoms with Gasteiger partial charge < -0.3 is 4.90 Å². The number of piperazine rings is 1. The minimum Gasteiger partial charge on any atom is -0.353 e.